The lowest BCUT2D eigenvalue weighted by atomic mass is 9.51. The molecule has 2 amide bonds. The molecule has 5 aliphatic rings. The number of imide groups is 1. The van der Waals surface area contributed by atoms with Crippen molar-refractivity contribution in [3.05, 3.63) is 62.7 Å². The Labute approximate surface area is 225 Å². The van der Waals surface area contributed by atoms with Crippen LogP contribution in [0.2, 0.25) is 0 Å². The van der Waals surface area contributed by atoms with E-state index in [9.17, 15) is 29.9 Å². The number of rotatable bonds is 4. The van der Waals surface area contributed by atoms with Crippen LogP contribution < -0.4 is 4.74 Å². The van der Waals surface area contributed by atoms with Gasteiger partial charge in [0.2, 0.25) is 0 Å². The Balaban J connectivity index is 1.36. The number of piperidine rings is 1. The Kier molecular flexibility index (Phi) is 5.04. The normalized spacial score (nSPS) is 33.3. The summed E-state index contributed by atoms with van der Waals surface area (Å²) in [5.74, 6) is -0.428. The Hall–Kier alpha value is -3.50. The van der Waals surface area contributed by atoms with Crippen LogP contribution in [0.4, 0.5) is 5.69 Å². The molecule has 2 aromatic carbocycles. The van der Waals surface area contributed by atoms with Crippen molar-refractivity contribution in [1.82, 2.24) is 9.80 Å². The number of phenolic OH excluding ortho intramolecular Hbond substituents is 1. The van der Waals surface area contributed by atoms with E-state index in [4.69, 9.17) is 4.74 Å². The number of benzene rings is 2. The Bertz CT molecular complexity index is 1450. The highest BCUT2D eigenvalue weighted by atomic mass is 16.6. The Morgan fingerprint density at radius 2 is 1.90 bits per heavy atom. The number of carbonyl (C=O) groups is 2. The minimum Gasteiger partial charge on any atom is -0.504 e. The first-order valence-electron chi connectivity index (χ1n) is 13.7. The number of aliphatic hydroxyl groups is 1. The second-order valence-corrected chi connectivity index (χ2v) is 11.9. The van der Waals surface area contributed by atoms with Gasteiger partial charge in [0.05, 0.1) is 27.5 Å². The van der Waals surface area contributed by atoms with E-state index in [1.807, 2.05) is 19.9 Å². The van der Waals surface area contributed by atoms with Crippen LogP contribution in [0, 0.1) is 23.0 Å². The number of hydrogen-bond donors (Lipinski definition) is 2. The molecule has 2 N–H and O–H groups in total. The van der Waals surface area contributed by atoms with Crippen molar-refractivity contribution in [2.75, 3.05) is 13.1 Å². The number of nitro benzene ring substituents is 1. The predicted octanol–water partition coefficient (Wildman–Crippen LogP) is 3.30. The van der Waals surface area contributed by atoms with Gasteiger partial charge in [-0.1, -0.05) is 12.1 Å². The van der Waals surface area contributed by atoms with Gasteiger partial charge in [0.1, 0.15) is 11.7 Å². The molecule has 1 spiro atoms. The molecule has 0 aromatic heterocycles. The van der Waals surface area contributed by atoms with Crippen LogP contribution in [-0.2, 0) is 5.41 Å². The molecule has 0 bridgehead atoms. The van der Waals surface area contributed by atoms with E-state index >= 15 is 0 Å². The summed E-state index contributed by atoms with van der Waals surface area (Å²) in [5.41, 5.74) is -1.22. The second kappa shape index (κ2) is 8.02. The summed E-state index contributed by atoms with van der Waals surface area (Å²) in [7, 11) is 0. The highest BCUT2D eigenvalue weighted by Crippen LogP contribution is 2.63. The van der Waals surface area contributed by atoms with Crippen molar-refractivity contribution in [2.45, 2.75) is 75.2 Å². The van der Waals surface area contributed by atoms with E-state index in [1.165, 1.54) is 31.0 Å². The minimum atomic E-state index is -1.24. The monoisotopic (exact) mass is 533 g/mol. The molecule has 0 radical (unpaired) electrons. The molecule has 2 saturated carbocycles. The summed E-state index contributed by atoms with van der Waals surface area (Å²) in [4.78, 5) is 41.9. The number of hydrogen-bond acceptors (Lipinski definition) is 8. The maximum Gasteiger partial charge on any atom is 0.282 e. The van der Waals surface area contributed by atoms with E-state index in [0.717, 1.165) is 22.6 Å². The Morgan fingerprint density at radius 1 is 1.13 bits per heavy atom. The summed E-state index contributed by atoms with van der Waals surface area (Å²) >= 11 is 0. The van der Waals surface area contributed by atoms with Gasteiger partial charge in [-0.25, -0.2) is 0 Å². The lowest BCUT2D eigenvalue weighted by Crippen LogP contribution is -2.76. The van der Waals surface area contributed by atoms with E-state index in [2.05, 4.69) is 4.90 Å². The molecular weight excluding hydrogens is 502 g/mol. The maximum atomic E-state index is 13.7. The van der Waals surface area contributed by atoms with Crippen molar-refractivity contribution in [3.8, 4) is 11.5 Å². The van der Waals surface area contributed by atoms with Crippen molar-refractivity contribution < 1.29 is 29.5 Å². The van der Waals surface area contributed by atoms with Gasteiger partial charge in [-0.05, 0) is 76.1 Å². The van der Waals surface area contributed by atoms with Gasteiger partial charge in [-0.3, -0.25) is 29.5 Å². The average molecular weight is 534 g/mol. The van der Waals surface area contributed by atoms with Crippen LogP contribution in [0.5, 0.6) is 11.5 Å². The van der Waals surface area contributed by atoms with E-state index in [0.29, 0.717) is 25.3 Å². The van der Waals surface area contributed by atoms with Crippen LogP contribution >= 0.6 is 0 Å². The summed E-state index contributed by atoms with van der Waals surface area (Å²) in [6.45, 7) is 5.59. The molecule has 10 heteroatoms. The number of nitro groups is 1. The largest absolute Gasteiger partial charge is 0.504 e. The van der Waals surface area contributed by atoms with Gasteiger partial charge in [-0.15, -0.1) is 0 Å². The first-order chi connectivity index (χ1) is 18.6. The fraction of sp³-hybridized carbons (Fsp3) is 0.517. The zero-order valence-corrected chi connectivity index (χ0v) is 21.9. The van der Waals surface area contributed by atoms with Gasteiger partial charge < -0.3 is 14.9 Å². The SMILES string of the molecule is Cc1ccc(O)c2c1[C@]13CCN(CC4CC4)[C@H](C)[C@]1(O)CC[C@@H](N1C(=O)c4cccc([N+](=O)[O-])c4C1=O)[C@@H]3O2. The predicted molar refractivity (Wildman–Crippen MR) is 139 cm³/mol. The van der Waals surface area contributed by atoms with Crippen molar-refractivity contribution in [1.29, 1.82) is 0 Å². The molecule has 5 atom stereocenters. The molecule has 10 nitrogen and oxygen atoms in total. The molecule has 0 unspecified atom stereocenters. The molecule has 1 saturated heterocycles. The van der Waals surface area contributed by atoms with E-state index < -0.39 is 45.6 Å². The minimum absolute atomic E-state index is 0.00578. The smallest absolute Gasteiger partial charge is 0.282 e. The lowest BCUT2D eigenvalue weighted by molar-refractivity contribution is -0.385. The number of carbonyl (C=O) groups excluding carboxylic acids is 2. The van der Waals surface area contributed by atoms with Gasteiger partial charge in [0, 0.05) is 24.2 Å². The maximum absolute atomic E-state index is 13.7. The summed E-state index contributed by atoms with van der Waals surface area (Å²) < 4.78 is 6.51. The zero-order chi connectivity index (χ0) is 27.4. The standard InChI is InChI=1S/C29H31N3O7/c1-15-6-9-21(33)24-23(15)28-12-13-30(14-17-7-8-17)16(2)29(28,36)11-10-20(25(28)39-24)31-26(34)18-4-3-5-19(32(37)38)22(18)27(31)35/h3-6,9,16-17,20,25,33,36H,7-8,10-14H2,1-2H3/t16-,20-,25+,28+,29-/m1/s1. The number of nitrogens with zero attached hydrogens (tertiary/aromatic N) is 3. The number of ether oxygens (including phenoxy) is 1. The van der Waals surface area contributed by atoms with E-state index in [-0.39, 0.29) is 35.1 Å². The van der Waals surface area contributed by atoms with Crippen LogP contribution in [-0.4, -0.2) is 73.6 Å². The summed E-state index contributed by atoms with van der Waals surface area (Å²) in [6.07, 6.45) is 2.69. The summed E-state index contributed by atoms with van der Waals surface area (Å²) in [6, 6.07) is 6.47. The Morgan fingerprint density at radius 3 is 2.62 bits per heavy atom. The van der Waals surface area contributed by atoms with Crippen LogP contribution in [0.3, 0.4) is 0 Å². The number of aromatic hydroxyl groups is 1. The molecule has 2 aromatic rings. The van der Waals surface area contributed by atoms with Gasteiger partial charge in [0.25, 0.3) is 17.5 Å². The molecule has 39 heavy (non-hydrogen) atoms. The second-order valence-electron chi connectivity index (χ2n) is 11.9. The molecular formula is C29H31N3O7. The number of amides is 2. The number of phenols is 1. The average Bonchev–Trinajstić information content (AvgIpc) is 3.60. The van der Waals surface area contributed by atoms with Crippen molar-refractivity contribution in [2.24, 2.45) is 5.92 Å². The van der Waals surface area contributed by atoms with Gasteiger partial charge in [0.15, 0.2) is 11.5 Å². The highest BCUT2D eigenvalue weighted by molar-refractivity contribution is 6.23. The molecule has 204 valence electrons. The fourth-order valence-electron chi connectivity index (χ4n) is 8.09. The molecule has 7 rings (SSSR count). The van der Waals surface area contributed by atoms with Gasteiger partial charge in [-0.2, -0.15) is 0 Å². The van der Waals surface area contributed by atoms with Crippen LogP contribution in [0.15, 0.2) is 30.3 Å². The molecule has 3 heterocycles. The molecule has 2 aliphatic carbocycles. The number of likely N-dealkylation sites (tertiary alicyclic amines) is 1. The fourth-order valence-corrected chi connectivity index (χ4v) is 8.09. The topological polar surface area (TPSA) is 133 Å². The first-order valence-corrected chi connectivity index (χ1v) is 13.7. The van der Waals surface area contributed by atoms with Crippen LogP contribution in [0.25, 0.3) is 0 Å². The number of fused-ring (bicyclic) bond motifs is 2. The third-order valence-electron chi connectivity index (χ3n) is 10.1. The third-order valence-corrected chi connectivity index (χ3v) is 10.1. The lowest BCUT2D eigenvalue weighted by Gasteiger charge is -2.62. The van der Waals surface area contributed by atoms with Crippen LogP contribution in [0.1, 0.15) is 70.9 Å². The number of aryl methyl sites for hydroxylation is 1. The summed E-state index contributed by atoms with van der Waals surface area (Å²) in [5, 5.41) is 35.3. The van der Waals surface area contributed by atoms with E-state index in [1.54, 1.807) is 6.07 Å². The highest BCUT2D eigenvalue weighted by Gasteiger charge is 2.71. The molecule has 3 aliphatic heterocycles. The quantitative estimate of drug-likeness (QED) is 0.348. The molecule has 3 fully saturated rings. The van der Waals surface area contributed by atoms with Crippen molar-refractivity contribution in [3.63, 3.8) is 0 Å². The first kappa shape index (κ1) is 24.5. The van der Waals surface area contributed by atoms with Gasteiger partial charge >= 0.3 is 0 Å². The third kappa shape index (κ3) is 3.04. The zero-order valence-electron chi connectivity index (χ0n) is 21.9. The van der Waals surface area contributed by atoms with Crippen molar-refractivity contribution >= 4 is 17.5 Å².